The van der Waals surface area contributed by atoms with Crippen LogP contribution in [0.2, 0.25) is 0 Å². The monoisotopic (exact) mass is 360 g/mol. The molecule has 0 saturated heterocycles. The first-order valence-electron chi connectivity index (χ1n) is 8.04. The molecule has 130 valence electrons. The average molecular weight is 360 g/mol. The number of hydrogen-bond acceptors (Lipinski definition) is 8. The molecule has 1 N–H and O–H groups in total. The Balaban J connectivity index is 1.57. The van der Waals surface area contributed by atoms with E-state index in [0.717, 1.165) is 29.9 Å². The Morgan fingerprint density at radius 1 is 1.24 bits per heavy atom. The molecule has 2 aliphatic rings. The Morgan fingerprint density at radius 2 is 2.04 bits per heavy atom. The maximum Gasteiger partial charge on any atom is 0.329 e. The van der Waals surface area contributed by atoms with Crippen LogP contribution in [0.1, 0.15) is 19.3 Å². The van der Waals surface area contributed by atoms with Gasteiger partial charge in [-0.3, -0.25) is 10.1 Å². The van der Waals surface area contributed by atoms with Gasteiger partial charge < -0.3 is 14.8 Å². The number of anilines is 1. The molecule has 0 bridgehead atoms. The smallest absolute Gasteiger partial charge is 0.329 e. The fourth-order valence-corrected chi connectivity index (χ4v) is 3.14. The molecule has 1 aliphatic heterocycles. The molecule has 4 rings (SSSR count). The first-order chi connectivity index (χ1) is 12.2. The number of aromatic nitrogens is 2. The fraction of sp³-hybridized carbons (Fsp3) is 0.375. The predicted molar refractivity (Wildman–Crippen MR) is 91.5 cm³/mol. The highest BCUT2D eigenvalue weighted by Gasteiger charge is 2.26. The van der Waals surface area contributed by atoms with Crippen molar-refractivity contribution in [1.82, 2.24) is 9.97 Å². The number of hydrogen-bond donors (Lipinski definition) is 1. The van der Waals surface area contributed by atoms with Crippen molar-refractivity contribution in [1.29, 1.82) is 0 Å². The van der Waals surface area contributed by atoms with Crippen molar-refractivity contribution in [3.05, 3.63) is 34.5 Å². The minimum absolute atomic E-state index is 0.102. The number of ether oxygens (including phenoxy) is 2. The van der Waals surface area contributed by atoms with Crippen LogP contribution in [0.4, 0.5) is 11.5 Å². The predicted octanol–water partition coefficient (Wildman–Crippen LogP) is 3.27. The zero-order valence-electron chi connectivity index (χ0n) is 13.3. The molecule has 8 nitrogen and oxygen atoms in total. The van der Waals surface area contributed by atoms with E-state index in [-0.39, 0.29) is 17.5 Å². The third kappa shape index (κ3) is 3.76. The largest absolute Gasteiger partial charge is 0.490 e. The Hall–Kier alpha value is -2.55. The number of rotatable bonds is 5. The van der Waals surface area contributed by atoms with Crippen LogP contribution in [-0.4, -0.2) is 34.1 Å². The summed E-state index contributed by atoms with van der Waals surface area (Å²) in [6, 6.07) is 5.91. The van der Waals surface area contributed by atoms with Crippen LogP contribution in [0.3, 0.4) is 0 Å². The van der Waals surface area contributed by atoms with Crippen molar-refractivity contribution in [2.24, 2.45) is 0 Å². The van der Waals surface area contributed by atoms with Gasteiger partial charge in [-0.1, -0.05) is 0 Å². The zero-order valence-corrected chi connectivity index (χ0v) is 14.1. The first kappa shape index (κ1) is 15.9. The summed E-state index contributed by atoms with van der Waals surface area (Å²) in [6.45, 7) is 1.26. The van der Waals surface area contributed by atoms with Gasteiger partial charge in [-0.25, -0.2) is 4.98 Å². The molecule has 2 aromatic rings. The van der Waals surface area contributed by atoms with Crippen molar-refractivity contribution in [2.75, 3.05) is 18.5 Å². The van der Waals surface area contributed by atoms with Gasteiger partial charge in [-0.15, -0.1) is 0 Å². The number of nitrogens with zero attached hydrogens (tertiary/aromatic N) is 3. The van der Waals surface area contributed by atoms with Gasteiger partial charge in [-0.2, -0.15) is 4.98 Å². The molecule has 1 aromatic heterocycles. The molecular formula is C16H16N4O4S. The summed E-state index contributed by atoms with van der Waals surface area (Å²) in [5, 5.41) is 14.7. The summed E-state index contributed by atoms with van der Waals surface area (Å²) in [6.07, 6.45) is 4.11. The standard InChI is InChI=1S/C16H16N4O4S/c21-20(22)12-9-17-16(19-15(12)18-10-2-3-10)25-11-4-5-13-14(8-11)24-7-1-6-23-13/h4-5,8-10H,1-3,6-7H2,(H,17,18,19). The van der Waals surface area contributed by atoms with Crippen LogP contribution >= 0.6 is 11.8 Å². The molecule has 9 heteroatoms. The van der Waals surface area contributed by atoms with E-state index < -0.39 is 4.92 Å². The summed E-state index contributed by atoms with van der Waals surface area (Å²) < 4.78 is 11.3. The van der Waals surface area contributed by atoms with E-state index in [1.807, 2.05) is 18.2 Å². The van der Waals surface area contributed by atoms with Crippen molar-refractivity contribution in [3.63, 3.8) is 0 Å². The SMILES string of the molecule is O=[N+]([O-])c1cnc(Sc2ccc3c(c2)OCCCO3)nc1NC1CC1. The third-order valence-corrected chi connectivity index (χ3v) is 4.66. The average Bonchev–Trinajstić information content (AvgIpc) is 3.41. The topological polar surface area (TPSA) is 99.4 Å². The highest BCUT2D eigenvalue weighted by atomic mass is 32.2. The molecule has 1 saturated carbocycles. The van der Waals surface area contributed by atoms with Crippen LogP contribution in [-0.2, 0) is 0 Å². The molecule has 0 amide bonds. The second kappa shape index (κ2) is 6.75. The lowest BCUT2D eigenvalue weighted by Gasteiger charge is -2.09. The van der Waals surface area contributed by atoms with Gasteiger partial charge in [0.05, 0.1) is 18.1 Å². The lowest BCUT2D eigenvalue weighted by atomic mass is 10.3. The van der Waals surface area contributed by atoms with E-state index in [9.17, 15) is 10.1 Å². The van der Waals surface area contributed by atoms with E-state index >= 15 is 0 Å². The highest BCUT2D eigenvalue weighted by Crippen LogP contribution is 2.37. The molecule has 25 heavy (non-hydrogen) atoms. The van der Waals surface area contributed by atoms with Crippen molar-refractivity contribution < 1.29 is 14.4 Å². The first-order valence-corrected chi connectivity index (χ1v) is 8.86. The second-order valence-corrected chi connectivity index (χ2v) is 6.86. The van der Waals surface area contributed by atoms with Crippen LogP contribution < -0.4 is 14.8 Å². The number of nitro groups is 1. The minimum atomic E-state index is -0.466. The van der Waals surface area contributed by atoms with Gasteiger partial charge in [0.2, 0.25) is 5.82 Å². The van der Waals surface area contributed by atoms with E-state index in [1.165, 1.54) is 18.0 Å². The van der Waals surface area contributed by atoms with Crippen LogP contribution in [0.15, 0.2) is 34.4 Å². The Bertz CT molecular complexity index is 813. The maximum atomic E-state index is 11.1. The van der Waals surface area contributed by atoms with Crippen LogP contribution in [0.5, 0.6) is 11.5 Å². The molecular weight excluding hydrogens is 344 g/mol. The molecule has 0 spiro atoms. The van der Waals surface area contributed by atoms with Crippen LogP contribution in [0.25, 0.3) is 0 Å². The van der Waals surface area contributed by atoms with E-state index in [1.54, 1.807) is 0 Å². The molecule has 1 aliphatic carbocycles. The minimum Gasteiger partial charge on any atom is -0.490 e. The van der Waals surface area contributed by atoms with Gasteiger partial charge in [0, 0.05) is 17.4 Å². The van der Waals surface area contributed by atoms with Gasteiger partial charge >= 0.3 is 5.69 Å². The quantitative estimate of drug-likeness (QED) is 0.493. The number of nitrogens with one attached hydrogen (secondary N) is 1. The van der Waals surface area contributed by atoms with Crippen molar-refractivity contribution in [2.45, 2.75) is 35.4 Å². The number of benzene rings is 1. The lowest BCUT2D eigenvalue weighted by molar-refractivity contribution is -0.384. The van der Waals surface area contributed by atoms with Gasteiger partial charge in [0.1, 0.15) is 6.20 Å². The van der Waals surface area contributed by atoms with Crippen molar-refractivity contribution >= 4 is 23.3 Å². The summed E-state index contributed by atoms with van der Waals surface area (Å²) in [5.74, 6) is 1.70. The Morgan fingerprint density at radius 3 is 2.80 bits per heavy atom. The Kier molecular flexibility index (Phi) is 4.31. The molecule has 0 radical (unpaired) electrons. The van der Waals surface area contributed by atoms with Gasteiger partial charge in [0.15, 0.2) is 16.7 Å². The molecule has 0 unspecified atom stereocenters. The molecule has 0 atom stereocenters. The highest BCUT2D eigenvalue weighted by molar-refractivity contribution is 7.99. The lowest BCUT2D eigenvalue weighted by Crippen LogP contribution is -2.07. The van der Waals surface area contributed by atoms with Gasteiger partial charge in [-0.05, 0) is 42.8 Å². The van der Waals surface area contributed by atoms with E-state index in [2.05, 4.69) is 15.3 Å². The van der Waals surface area contributed by atoms with E-state index in [0.29, 0.717) is 24.1 Å². The summed E-state index contributed by atoms with van der Waals surface area (Å²) in [7, 11) is 0. The molecule has 1 fully saturated rings. The molecule has 2 heterocycles. The third-order valence-electron chi connectivity index (χ3n) is 3.79. The Labute approximate surface area is 148 Å². The maximum absolute atomic E-state index is 11.1. The fourth-order valence-electron chi connectivity index (χ4n) is 2.38. The molecule has 1 aromatic carbocycles. The summed E-state index contributed by atoms with van der Waals surface area (Å²) in [4.78, 5) is 20.0. The summed E-state index contributed by atoms with van der Waals surface area (Å²) >= 11 is 1.33. The summed E-state index contributed by atoms with van der Waals surface area (Å²) in [5.41, 5.74) is -0.102. The zero-order chi connectivity index (χ0) is 17.2. The second-order valence-electron chi connectivity index (χ2n) is 5.82. The number of fused-ring (bicyclic) bond motifs is 1. The van der Waals surface area contributed by atoms with E-state index in [4.69, 9.17) is 9.47 Å². The van der Waals surface area contributed by atoms with Gasteiger partial charge in [0.25, 0.3) is 0 Å². The van der Waals surface area contributed by atoms with Crippen molar-refractivity contribution in [3.8, 4) is 11.5 Å². The van der Waals surface area contributed by atoms with Crippen LogP contribution in [0, 0.1) is 10.1 Å². The normalized spacial score (nSPS) is 16.2.